The third-order valence-corrected chi connectivity index (χ3v) is 2.73. The topological polar surface area (TPSA) is 0 Å². The molecule has 0 aromatic heterocycles. The van der Waals surface area contributed by atoms with Gasteiger partial charge in [-0.3, -0.25) is 0 Å². The number of hydrogen-bond acceptors (Lipinski definition) is 0. The van der Waals surface area contributed by atoms with Crippen LogP contribution in [-0.4, -0.2) is 21.3 Å². The Bertz CT molecular complexity index is 75.6. The third-order valence-electron chi connectivity index (χ3n) is 0.368. The van der Waals surface area contributed by atoms with Gasteiger partial charge in [0.2, 0.25) is 0 Å². The summed E-state index contributed by atoms with van der Waals surface area (Å²) in [5, 5.41) is 0. The van der Waals surface area contributed by atoms with Crippen LogP contribution in [0.15, 0.2) is 0 Å². The molecule has 0 rings (SSSR count). The Balaban J connectivity index is 3.48. The van der Waals surface area contributed by atoms with E-state index in [2.05, 4.69) is 0 Å². The second kappa shape index (κ2) is 2.20. The molecule has 0 atom stereocenters. The molecule has 0 aliphatic heterocycles. The molecule has 0 aliphatic carbocycles. The van der Waals surface area contributed by atoms with Gasteiger partial charge in [-0.2, -0.15) is 0 Å². The first-order valence-electron chi connectivity index (χ1n) is 1.54. The van der Waals surface area contributed by atoms with Gasteiger partial charge in [0.25, 0.3) is 0 Å². The summed E-state index contributed by atoms with van der Waals surface area (Å²) in [5.41, 5.74) is 0. The van der Waals surface area contributed by atoms with Crippen LogP contribution in [0.2, 0.25) is 0 Å². The fraction of sp³-hybridized carbons (Fsp3) is 1.00. The van der Waals surface area contributed by atoms with Gasteiger partial charge in [-0.25, -0.2) is 0 Å². The van der Waals surface area contributed by atoms with Gasteiger partial charge in [-0.15, -0.1) is 0 Å². The summed E-state index contributed by atoms with van der Waals surface area (Å²) < 4.78 is 23.0. The van der Waals surface area contributed by atoms with E-state index in [0.717, 1.165) is 0 Å². The van der Waals surface area contributed by atoms with Gasteiger partial charge in [0.15, 0.2) is 0 Å². The Morgan fingerprint density at radius 2 is 1.83 bits per heavy atom. The van der Waals surface area contributed by atoms with Crippen LogP contribution in [0.25, 0.3) is 0 Å². The fourth-order valence-electron chi connectivity index (χ4n) is 0. The molecule has 0 radical (unpaired) electrons. The van der Waals surface area contributed by atoms with Gasteiger partial charge >= 0.3 is 42.7 Å². The molecule has 0 unspecified atom stereocenters. The van der Waals surface area contributed by atoms with Gasteiger partial charge in [0.05, 0.1) is 0 Å². The van der Waals surface area contributed by atoms with Crippen LogP contribution in [-0.2, 0) is 0 Å². The Morgan fingerprint density at radius 3 is 1.83 bits per heavy atom. The zero-order valence-corrected chi connectivity index (χ0v) is 5.93. The molecule has 0 nitrogen and oxygen atoms in total. The molecule has 4 heteroatoms. The van der Waals surface area contributed by atoms with Crippen LogP contribution in [0.4, 0.5) is 8.39 Å². The molecule has 38 valence electrons. The molecule has 0 aliphatic rings. The van der Waals surface area contributed by atoms with Gasteiger partial charge < -0.3 is 0 Å². The SMILES string of the molecule is CCP(F)(F)=[Se]. The quantitative estimate of drug-likeness (QED) is 0.423. The van der Waals surface area contributed by atoms with E-state index in [-0.39, 0.29) is 6.16 Å². The van der Waals surface area contributed by atoms with E-state index in [4.69, 9.17) is 0 Å². The van der Waals surface area contributed by atoms with Gasteiger partial charge in [-0.1, -0.05) is 0 Å². The second-order valence-electron chi connectivity index (χ2n) is 0.886. The van der Waals surface area contributed by atoms with Crippen molar-refractivity contribution in [2.45, 2.75) is 6.92 Å². The van der Waals surface area contributed by atoms with Crippen molar-refractivity contribution < 1.29 is 8.39 Å². The van der Waals surface area contributed by atoms with Gasteiger partial charge in [0.1, 0.15) is 0 Å². The molecule has 0 fully saturated rings. The molecule has 0 spiro atoms. The monoisotopic (exact) mass is 178 g/mol. The summed E-state index contributed by atoms with van der Waals surface area (Å²) in [6.07, 6.45) is -3.53. The van der Waals surface area contributed by atoms with Crippen molar-refractivity contribution in [3.63, 3.8) is 0 Å². The summed E-state index contributed by atoms with van der Waals surface area (Å²) in [7, 11) is 0. The molecule has 0 heterocycles. The Kier molecular flexibility index (Phi) is 2.50. The maximum atomic E-state index is 11.5. The summed E-state index contributed by atoms with van der Waals surface area (Å²) in [5.74, 6) is 0. The molecule has 0 saturated carbocycles. The minimum absolute atomic E-state index is 0.00694. The molecule has 6 heavy (non-hydrogen) atoms. The van der Waals surface area contributed by atoms with Crippen LogP contribution < -0.4 is 0 Å². The van der Waals surface area contributed by atoms with E-state index >= 15 is 0 Å². The van der Waals surface area contributed by atoms with E-state index in [0.29, 0.717) is 0 Å². The molecular weight excluding hydrogens is 172 g/mol. The van der Waals surface area contributed by atoms with Crippen molar-refractivity contribution in [2.75, 3.05) is 6.16 Å². The first-order chi connectivity index (χ1) is 2.56. The second-order valence-corrected chi connectivity index (χ2v) is 6.02. The average Bonchev–Trinajstić information content (AvgIpc) is 1.35. The summed E-state index contributed by atoms with van der Waals surface area (Å²) in [6, 6.07) is 0. The van der Waals surface area contributed by atoms with E-state index in [1.165, 1.54) is 6.92 Å². The zero-order chi connectivity index (χ0) is 5.21. The van der Waals surface area contributed by atoms with E-state index in [1.54, 1.807) is 0 Å². The number of rotatable bonds is 1. The fourth-order valence-corrected chi connectivity index (χ4v) is 0. The molecule has 0 aromatic rings. The molecule has 0 bridgehead atoms. The van der Waals surface area contributed by atoms with Crippen molar-refractivity contribution in [2.24, 2.45) is 0 Å². The van der Waals surface area contributed by atoms with Crippen molar-refractivity contribution in [1.29, 1.82) is 0 Å². The molecule has 0 saturated heterocycles. The van der Waals surface area contributed by atoms with Gasteiger partial charge in [-0.05, 0) is 0 Å². The van der Waals surface area contributed by atoms with Crippen LogP contribution in [0.5, 0.6) is 0 Å². The molecule has 0 amide bonds. The first kappa shape index (κ1) is 6.81. The molecule has 0 aromatic carbocycles. The first-order valence-corrected chi connectivity index (χ1v) is 5.52. The zero-order valence-electron chi connectivity index (χ0n) is 3.32. The van der Waals surface area contributed by atoms with Crippen LogP contribution in [0.3, 0.4) is 0 Å². The van der Waals surface area contributed by atoms with Crippen molar-refractivity contribution in [3.8, 4) is 0 Å². The van der Waals surface area contributed by atoms with Crippen LogP contribution in [0.1, 0.15) is 6.92 Å². The van der Waals surface area contributed by atoms with Crippen molar-refractivity contribution in [1.82, 2.24) is 0 Å². The van der Waals surface area contributed by atoms with E-state index in [1.807, 2.05) is 15.1 Å². The van der Waals surface area contributed by atoms with Crippen LogP contribution in [0, 0.1) is 0 Å². The summed E-state index contributed by atoms with van der Waals surface area (Å²) >= 11 is 1.84. The minimum atomic E-state index is -3.52. The Labute approximate surface area is 43.4 Å². The normalized spacial score (nSPS) is 11.8. The summed E-state index contributed by atoms with van der Waals surface area (Å²) in [4.78, 5) is 0. The average molecular weight is 177 g/mol. The Morgan fingerprint density at radius 1 is 1.67 bits per heavy atom. The Hall–Kier alpha value is 0.809. The number of hydrogen-bond donors (Lipinski definition) is 0. The predicted octanol–water partition coefficient (Wildman–Crippen LogP) is 1.88. The van der Waals surface area contributed by atoms with Crippen molar-refractivity contribution in [3.05, 3.63) is 0 Å². The van der Waals surface area contributed by atoms with E-state index < -0.39 is 6.13 Å². The van der Waals surface area contributed by atoms with Crippen LogP contribution >= 0.6 is 6.13 Å². The third kappa shape index (κ3) is 4.81. The van der Waals surface area contributed by atoms with Crippen molar-refractivity contribution >= 4 is 21.2 Å². The maximum absolute atomic E-state index is 11.5. The predicted molar refractivity (Wildman–Crippen MR) is 25.4 cm³/mol. The van der Waals surface area contributed by atoms with E-state index in [9.17, 15) is 8.39 Å². The number of halogens is 2. The van der Waals surface area contributed by atoms with Gasteiger partial charge in [0, 0.05) is 0 Å². The standard InChI is InChI=1S/C2H5F2PSe/c1-2-5(3,4)6/h2H2,1H3. The summed E-state index contributed by atoms with van der Waals surface area (Å²) in [6.45, 7) is 1.48. The molecular formula is C2H5F2PSe. The molecule has 0 N–H and O–H groups in total.